The van der Waals surface area contributed by atoms with Gasteiger partial charge in [0.05, 0.1) is 11.2 Å². The molecule has 3 aromatic rings. The highest BCUT2D eigenvalue weighted by Crippen LogP contribution is 2.44. The lowest BCUT2D eigenvalue weighted by atomic mass is 9.82. The molecule has 1 spiro atoms. The van der Waals surface area contributed by atoms with Gasteiger partial charge in [0.2, 0.25) is 0 Å². The Labute approximate surface area is 216 Å². The van der Waals surface area contributed by atoms with E-state index in [2.05, 4.69) is 11.8 Å². The molecule has 2 fully saturated rings. The Bertz CT molecular complexity index is 1450. The lowest BCUT2D eigenvalue weighted by molar-refractivity contribution is 0.100. The van der Waals surface area contributed by atoms with Crippen molar-refractivity contribution in [1.29, 1.82) is 0 Å². The van der Waals surface area contributed by atoms with Gasteiger partial charge in [-0.25, -0.2) is 8.78 Å². The minimum absolute atomic E-state index is 0.0414. The Hall–Kier alpha value is -3.01. The van der Waals surface area contributed by atoms with Gasteiger partial charge in [-0.1, -0.05) is 18.2 Å². The molecule has 5 rings (SSSR count). The maximum atomic E-state index is 14.1. The van der Waals surface area contributed by atoms with Crippen LogP contribution in [0.1, 0.15) is 30.9 Å². The molecule has 0 aromatic heterocycles. The van der Waals surface area contributed by atoms with E-state index in [1.807, 2.05) is 19.1 Å². The fourth-order valence-corrected chi connectivity index (χ4v) is 7.66. The van der Waals surface area contributed by atoms with Crippen molar-refractivity contribution < 1.29 is 22.3 Å². The Balaban J connectivity index is 1.40. The van der Waals surface area contributed by atoms with Gasteiger partial charge in [0.15, 0.2) is 0 Å². The summed E-state index contributed by atoms with van der Waals surface area (Å²) in [5.74, 6) is -0.743. The number of anilines is 1. The highest BCUT2D eigenvalue weighted by molar-refractivity contribution is 7.90. The highest BCUT2D eigenvalue weighted by Gasteiger charge is 2.55. The smallest absolute Gasteiger partial charge is 0.304 e. The monoisotopic (exact) mass is 527 g/mol. The molecule has 0 saturated carbocycles. The molecule has 196 valence electrons. The van der Waals surface area contributed by atoms with E-state index < -0.39 is 21.6 Å². The Morgan fingerprint density at radius 3 is 2.51 bits per heavy atom. The molecule has 2 atom stereocenters. The van der Waals surface area contributed by atoms with E-state index in [1.165, 1.54) is 38.9 Å². The van der Waals surface area contributed by atoms with Gasteiger partial charge in [0.25, 0.3) is 0 Å². The van der Waals surface area contributed by atoms with Crippen molar-refractivity contribution in [3.63, 3.8) is 0 Å². The van der Waals surface area contributed by atoms with Crippen LogP contribution < -0.4 is 4.31 Å². The van der Waals surface area contributed by atoms with Gasteiger partial charge >= 0.3 is 10.2 Å². The fourth-order valence-electron chi connectivity index (χ4n) is 5.89. The molecular weight excluding hydrogens is 496 g/mol. The summed E-state index contributed by atoms with van der Waals surface area (Å²) in [6.07, 6.45) is 1.17. The number of rotatable bonds is 4. The van der Waals surface area contributed by atoms with Crippen molar-refractivity contribution in [3.05, 3.63) is 83.4 Å². The number of hydrogen-bond donors (Lipinski definition) is 1. The number of halogens is 2. The normalized spacial score (nSPS) is 24.1. The first-order chi connectivity index (χ1) is 17.5. The predicted octanol–water partition coefficient (Wildman–Crippen LogP) is 5.07. The van der Waals surface area contributed by atoms with Gasteiger partial charge in [-0.05, 0) is 85.8 Å². The standard InChI is InChI=1S/C28H31F2N3O3S/c1-19-7-9-23(30)15-25(19)26-13-21(8-10-27(26)34)17-32-12-11-28(16-20(32)2)18-31(3)37(35,36)33(28)24-6-4-5-22(29)14-24/h4-10,13-15,20,34H,11-12,16-18H2,1-3H3/t20-,28+/m0/s1. The molecule has 1 N–H and O–H groups in total. The van der Waals surface area contributed by atoms with Crippen molar-refractivity contribution in [2.45, 2.75) is 44.8 Å². The maximum absolute atomic E-state index is 14.1. The molecule has 3 aromatic carbocycles. The number of likely N-dealkylation sites (tertiary alicyclic amines) is 1. The number of aromatic hydroxyl groups is 1. The van der Waals surface area contributed by atoms with Crippen LogP contribution in [0, 0.1) is 18.6 Å². The molecular formula is C28H31F2N3O3S. The summed E-state index contributed by atoms with van der Waals surface area (Å²) in [5.41, 5.74) is 2.74. The topological polar surface area (TPSA) is 64.1 Å². The molecule has 0 amide bonds. The first-order valence-corrected chi connectivity index (χ1v) is 13.7. The van der Waals surface area contributed by atoms with E-state index in [1.54, 1.807) is 25.2 Å². The van der Waals surface area contributed by atoms with E-state index in [-0.39, 0.29) is 17.6 Å². The number of aryl methyl sites for hydroxylation is 1. The maximum Gasteiger partial charge on any atom is 0.304 e. The van der Waals surface area contributed by atoms with Crippen molar-refractivity contribution in [2.24, 2.45) is 0 Å². The second kappa shape index (κ2) is 9.38. The summed E-state index contributed by atoms with van der Waals surface area (Å²) in [6, 6.07) is 15.7. The van der Waals surface area contributed by atoms with Gasteiger partial charge in [0.1, 0.15) is 17.4 Å². The lowest BCUT2D eigenvalue weighted by Crippen LogP contribution is -2.57. The van der Waals surface area contributed by atoms with Gasteiger partial charge in [0, 0.05) is 38.3 Å². The number of phenolic OH excluding ortho intramolecular Hbond substituents is 1. The SMILES string of the molecule is Cc1ccc(F)cc1-c1cc(CN2CC[C@@]3(C[C@@H]2C)CN(C)S(=O)(=O)N3c2cccc(F)c2)ccc1O. The average molecular weight is 528 g/mol. The van der Waals surface area contributed by atoms with Gasteiger partial charge in [-0.15, -0.1) is 0 Å². The third kappa shape index (κ3) is 4.60. The summed E-state index contributed by atoms with van der Waals surface area (Å²) in [7, 11) is -2.20. The number of phenols is 1. The van der Waals surface area contributed by atoms with Gasteiger partial charge in [-0.3, -0.25) is 9.21 Å². The quantitative estimate of drug-likeness (QED) is 0.515. The minimum atomic E-state index is -3.77. The highest BCUT2D eigenvalue weighted by atomic mass is 32.2. The van der Waals surface area contributed by atoms with Crippen LogP contribution >= 0.6 is 0 Å². The molecule has 0 bridgehead atoms. The van der Waals surface area contributed by atoms with E-state index in [0.717, 1.165) is 11.1 Å². The third-order valence-corrected chi connectivity index (χ3v) is 9.69. The average Bonchev–Trinajstić information content (AvgIpc) is 3.02. The summed E-state index contributed by atoms with van der Waals surface area (Å²) in [4.78, 5) is 2.29. The second-order valence-electron chi connectivity index (χ2n) is 10.3. The first-order valence-electron chi connectivity index (χ1n) is 12.3. The fraction of sp³-hybridized carbons (Fsp3) is 0.357. The van der Waals surface area contributed by atoms with Crippen LogP contribution in [0.15, 0.2) is 60.7 Å². The zero-order chi connectivity index (χ0) is 26.5. The van der Waals surface area contributed by atoms with Crippen LogP contribution in [0.5, 0.6) is 5.75 Å². The summed E-state index contributed by atoms with van der Waals surface area (Å²) >= 11 is 0. The molecule has 37 heavy (non-hydrogen) atoms. The van der Waals surface area contributed by atoms with Crippen molar-refractivity contribution in [1.82, 2.24) is 9.21 Å². The largest absolute Gasteiger partial charge is 0.507 e. The predicted molar refractivity (Wildman–Crippen MR) is 141 cm³/mol. The van der Waals surface area contributed by atoms with Gasteiger partial charge < -0.3 is 5.11 Å². The van der Waals surface area contributed by atoms with E-state index >= 15 is 0 Å². The van der Waals surface area contributed by atoms with E-state index in [9.17, 15) is 22.3 Å². The molecule has 2 saturated heterocycles. The third-order valence-electron chi connectivity index (χ3n) is 7.71. The van der Waals surface area contributed by atoms with Crippen LogP contribution in [0.3, 0.4) is 0 Å². The van der Waals surface area contributed by atoms with Crippen LogP contribution in [-0.2, 0) is 16.8 Å². The van der Waals surface area contributed by atoms with Crippen LogP contribution in [0.2, 0.25) is 0 Å². The molecule has 9 heteroatoms. The molecule has 0 radical (unpaired) electrons. The van der Waals surface area contributed by atoms with Crippen LogP contribution in [0.4, 0.5) is 14.5 Å². The molecule has 0 unspecified atom stereocenters. The van der Waals surface area contributed by atoms with Crippen LogP contribution in [0.25, 0.3) is 11.1 Å². The van der Waals surface area contributed by atoms with Crippen LogP contribution in [-0.4, -0.2) is 54.4 Å². The number of benzene rings is 3. The number of likely N-dealkylation sites (N-methyl/N-ethyl adjacent to an activating group) is 1. The molecule has 0 aliphatic carbocycles. The zero-order valence-electron chi connectivity index (χ0n) is 21.2. The Kier molecular flexibility index (Phi) is 6.50. The summed E-state index contributed by atoms with van der Waals surface area (Å²) < 4.78 is 57.3. The summed E-state index contributed by atoms with van der Waals surface area (Å²) in [6.45, 7) is 5.54. The number of nitrogens with zero attached hydrogens (tertiary/aromatic N) is 3. The van der Waals surface area contributed by atoms with E-state index in [0.29, 0.717) is 49.3 Å². The molecule has 2 aliphatic rings. The Morgan fingerprint density at radius 1 is 1.03 bits per heavy atom. The van der Waals surface area contributed by atoms with E-state index in [4.69, 9.17) is 0 Å². The minimum Gasteiger partial charge on any atom is -0.507 e. The number of piperidine rings is 1. The Morgan fingerprint density at radius 2 is 1.78 bits per heavy atom. The molecule has 6 nitrogen and oxygen atoms in total. The zero-order valence-corrected chi connectivity index (χ0v) is 22.0. The van der Waals surface area contributed by atoms with Crippen molar-refractivity contribution in [2.75, 3.05) is 24.4 Å². The van der Waals surface area contributed by atoms with Gasteiger partial charge in [-0.2, -0.15) is 12.7 Å². The lowest BCUT2D eigenvalue weighted by Gasteiger charge is -2.47. The van der Waals surface area contributed by atoms with Crippen molar-refractivity contribution >= 4 is 15.9 Å². The molecule has 2 heterocycles. The molecule has 2 aliphatic heterocycles. The summed E-state index contributed by atoms with van der Waals surface area (Å²) in [5, 5.41) is 10.5. The second-order valence-corrected chi connectivity index (χ2v) is 12.2. The first kappa shape index (κ1) is 25.6. The number of hydrogen-bond acceptors (Lipinski definition) is 4. The van der Waals surface area contributed by atoms with Crippen molar-refractivity contribution in [3.8, 4) is 16.9 Å².